The number of nitrogens with zero attached hydrogens (tertiary/aromatic N) is 1. The third-order valence-corrected chi connectivity index (χ3v) is 2.84. The molecule has 2 rings (SSSR count). The van der Waals surface area contributed by atoms with Crippen molar-refractivity contribution in [3.63, 3.8) is 0 Å². The molecule has 2 N–H and O–H groups in total. The lowest BCUT2D eigenvalue weighted by molar-refractivity contribution is -0.115. The lowest BCUT2D eigenvalue weighted by atomic mass is 10.1. The van der Waals surface area contributed by atoms with Gasteiger partial charge >= 0.3 is 0 Å². The van der Waals surface area contributed by atoms with Crippen molar-refractivity contribution in [2.45, 2.75) is 13.3 Å². The Morgan fingerprint density at radius 1 is 1.38 bits per heavy atom. The number of pyridine rings is 1. The van der Waals surface area contributed by atoms with Crippen molar-refractivity contribution in [3.05, 3.63) is 59.4 Å². The standard InChI is InChI=1S/C17H16N2O2/c1-13-6-7-16(15(10-13)5-3-9-20)19-17(21)11-14-4-2-8-18-12-14/h2,4,6-8,10,12,20H,9,11H2,1H3,(H,19,21). The third kappa shape index (κ3) is 4.44. The number of amides is 1. The molecule has 0 fully saturated rings. The van der Waals surface area contributed by atoms with Crippen LogP contribution in [0.15, 0.2) is 42.7 Å². The van der Waals surface area contributed by atoms with Crippen molar-refractivity contribution >= 4 is 11.6 Å². The van der Waals surface area contributed by atoms with Crippen LogP contribution in [0.4, 0.5) is 5.69 Å². The van der Waals surface area contributed by atoms with Crippen molar-refractivity contribution in [2.24, 2.45) is 0 Å². The molecule has 0 spiro atoms. The molecule has 1 amide bonds. The van der Waals surface area contributed by atoms with E-state index in [1.54, 1.807) is 18.5 Å². The molecule has 0 atom stereocenters. The van der Waals surface area contributed by atoms with Gasteiger partial charge in [-0.05, 0) is 36.2 Å². The highest BCUT2D eigenvalue weighted by Gasteiger charge is 2.07. The number of carbonyl (C=O) groups excluding carboxylic acids is 1. The summed E-state index contributed by atoms with van der Waals surface area (Å²) in [4.78, 5) is 16.0. The fraction of sp³-hybridized carbons (Fsp3) is 0.176. The van der Waals surface area contributed by atoms with Crippen molar-refractivity contribution in [1.29, 1.82) is 0 Å². The molecule has 1 aromatic carbocycles. The summed E-state index contributed by atoms with van der Waals surface area (Å²) in [5.74, 6) is 5.32. The molecule has 0 radical (unpaired) electrons. The van der Waals surface area contributed by atoms with Gasteiger partial charge in [-0.2, -0.15) is 0 Å². The Morgan fingerprint density at radius 3 is 2.95 bits per heavy atom. The molecule has 0 aliphatic rings. The number of carbonyl (C=O) groups is 1. The minimum atomic E-state index is -0.211. The topological polar surface area (TPSA) is 62.2 Å². The van der Waals surface area contributed by atoms with Crippen LogP contribution in [0.25, 0.3) is 0 Å². The molecule has 2 aromatic rings. The summed E-state index contributed by atoms with van der Waals surface area (Å²) in [6, 6.07) is 9.25. The van der Waals surface area contributed by atoms with E-state index in [1.807, 2.05) is 31.2 Å². The van der Waals surface area contributed by atoms with E-state index in [4.69, 9.17) is 5.11 Å². The Bertz CT molecular complexity index is 685. The van der Waals surface area contributed by atoms with Crippen molar-refractivity contribution in [2.75, 3.05) is 11.9 Å². The van der Waals surface area contributed by atoms with Crippen LogP contribution in [-0.2, 0) is 11.2 Å². The lowest BCUT2D eigenvalue weighted by Crippen LogP contribution is -2.15. The molecule has 0 bridgehead atoms. The number of nitrogens with one attached hydrogen (secondary N) is 1. The average Bonchev–Trinajstić information content (AvgIpc) is 2.48. The van der Waals surface area contributed by atoms with Gasteiger partial charge in [0.1, 0.15) is 6.61 Å². The first-order valence-electron chi connectivity index (χ1n) is 6.58. The van der Waals surface area contributed by atoms with Crippen LogP contribution in [0.3, 0.4) is 0 Å². The quantitative estimate of drug-likeness (QED) is 0.844. The molecular weight excluding hydrogens is 264 g/mol. The number of rotatable bonds is 3. The molecule has 4 heteroatoms. The zero-order valence-electron chi connectivity index (χ0n) is 11.8. The van der Waals surface area contributed by atoms with Gasteiger partial charge in [0.25, 0.3) is 0 Å². The monoisotopic (exact) mass is 280 g/mol. The van der Waals surface area contributed by atoms with Gasteiger partial charge in [0.05, 0.1) is 12.1 Å². The maximum atomic E-state index is 12.1. The van der Waals surface area contributed by atoms with Gasteiger partial charge < -0.3 is 10.4 Å². The first kappa shape index (κ1) is 14.8. The highest BCUT2D eigenvalue weighted by atomic mass is 16.2. The molecule has 1 heterocycles. The zero-order chi connectivity index (χ0) is 15.1. The Hall–Kier alpha value is -2.64. The second kappa shape index (κ2) is 7.22. The normalized spacial score (nSPS) is 9.62. The molecule has 106 valence electrons. The van der Waals surface area contributed by atoms with Crippen LogP contribution in [0.1, 0.15) is 16.7 Å². The van der Waals surface area contributed by atoms with Crippen molar-refractivity contribution in [1.82, 2.24) is 4.98 Å². The van der Waals surface area contributed by atoms with E-state index in [2.05, 4.69) is 22.1 Å². The van der Waals surface area contributed by atoms with Gasteiger partial charge in [-0.1, -0.05) is 24.0 Å². The van der Waals surface area contributed by atoms with Crippen LogP contribution in [-0.4, -0.2) is 22.6 Å². The Labute approximate surface area is 123 Å². The molecular formula is C17H16N2O2. The second-order valence-electron chi connectivity index (χ2n) is 4.60. The smallest absolute Gasteiger partial charge is 0.228 e. The Morgan fingerprint density at radius 2 is 2.24 bits per heavy atom. The van der Waals surface area contributed by atoms with Crippen LogP contribution >= 0.6 is 0 Å². The molecule has 0 saturated carbocycles. The van der Waals surface area contributed by atoms with E-state index in [9.17, 15) is 4.79 Å². The number of aromatic nitrogens is 1. The molecule has 0 unspecified atom stereocenters. The van der Waals surface area contributed by atoms with Crippen LogP contribution in [0, 0.1) is 18.8 Å². The fourth-order valence-corrected chi connectivity index (χ4v) is 1.89. The van der Waals surface area contributed by atoms with Gasteiger partial charge in [0, 0.05) is 18.0 Å². The maximum Gasteiger partial charge on any atom is 0.228 e. The van der Waals surface area contributed by atoms with E-state index in [1.165, 1.54) is 0 Å². The molecule has 21 heavy (non-hydrogen) atoms. The van der Waals surface area contributed by atoms with Gasteiger partial charge in [0.15, 0.2) is 0 Å². The Kier molecular flexibility index (Phi) is 5.08. The van der Waals surface area contributed by atoms with Gasteiger partial charge in [-0.25, -0.2) is 0 Å². The average molecular weight is 280 g/mol. The molecule has 0 aliphatic carbocycles. The Balaban J connectivity index is 2.13. The molecule has 0 aliphatic heterocycles. The molecule has 0 saturated heterocycles. The van der Waals surface area contributed by atoms with Crippen molar-refractivity contribution < 1.29 is 9.90 Å². The minimum Gasteiger partial charge on any atom is -0.384 e. The van der Waals surface area contributed by atoms with Crippen LogP contribution in [0.5, 0.6) is 0 Å². The second-order valence-corrected chi connectivity index (χ2v) is 4.60. The third-order valence-electron chi connectivity index (χ3n) is 2.84. The van der Waals surface area contributed by atoms with E-state index in [-0.39, 0.29) is 18.9 Å². The van der Waals surface area contributed by atoms with Crippen LogP contribution < -0.4 is 5.32 Å². The number of hydrogen-bond acceptors (Lipinski definition) is 3. The predicted molar refractivity (Wildman–Crippen MR) is 81.7 cm³/mol. The summed E-state index contributed by atoms with van der Waals surface area (Å²) in [6.07, 6.45) is 3.60. The summed E-state index contributed by atoms with van der Waals surface area (Å²) in [5.41, 5.74) is 3.24. The number of hydrogen-bond donors (Lipinski definition) is 2. The van der Waals surface area contributed by atoms with E-state index in [0.717, 1.165) is 11.1 Å². The zero-order valence-corrected chi connectivity index (χ0v) is 11.8. The summed E-state index contributed by atoms with van der Waals surface area (Å²) in [6.45, 7) is 1.74. The first-order valence-corrected chi connectivity index (χ1v) is 6.58. The number of anilines is 1. The van der Waals surface area contributed by atoms with E-state index >= 15 is 0 Å². The molecule has 1 aromatic heterocycles. The summed E-state index contributed by atoms with van der Waals surface area (Å²) in [7, 11) is 0. The SMILES string of the molecule is Cc1ccc(NC(=O)Cc2cccnc2)c(C#CCO)c1. The van der Waals surface area contributed by atoms with Gasteiger partial charge in [0.2, 0.25) is 5.91 Å². The van der Waals surface area contributed by atoms with Crippen LogP contribution in [0.2, 0.25) is 0 Å². The van der Waals surface area contributed by atoms with E-state index < -0.39 is 0 Å². The van der Waals surface area contributed by atoms with Crippen molar-refractivity contribution in [3.8, 4) is 11.8 Å². The highest BCUT2D eigenvalue weighted by molar-refractivity contribution is 5.93. The molecule has 4 nitrogen and oxygen atoms in total. The highest BCUT2D eigenvalue weighted by Crippen LogP contribution is 2.16. The minimum absolute atomic E-state index is 0.126. The van der Waals surface area contributed by atoms with Gasteiger partial charge in [-0.3, -0.25) is 9.78 Å². The number of benzene rings is 1. The number of aryl methyl sites for hydroxylation is 1. The van der Waals surface area contributed by atoms with E-state index in [0.29, 0.717) is 11.3 Å². The lowest BCUT2D eigenvalue weighted by Gasteiger charge is -2.08. The van der Waals surface area contributed by atoms with Gasteiger partial charge in [-0.15, -0.1) is 0 Å². The summed E-state index contributed by atoms with van der Waals surface area (Å²) < 4.78 is 0. The largest absolute Gasteiger partial charge is 0.384 e. The summed E-state index contributed by atoms with van der Waals surface area (Å²) in [5, 5.41) is 11.6. The maximum absolute atomic E-state index is 12.1. The predicted octanol–water partition coefficient (Wildman–Crippen LogP) is 1.92. The number of aliphatic hydroxyl groups is 1. The first-order chi connectivity index (χ1) is 10.2. The fourth-order valence-electron chi connectivity index (χ4n) is 1.89. The number of aliphatic hydroxyl groups excluding tert-OH is 1. The summed E-state index contributed by atoms with van der Waals surface area (Å²) >= 11 is 0.